The first-order valence-corrected chi connectivity index (χ1v) is 13.2. The molecule has 1 aromatic rings. The molecule has 4 heterocycles. The van der Waals surface area contributed by atoms with Crippen molar-refractivity contribution in [1.29, 1.82) is 0 Å². The molecule has 2 amide bonds. The minimum atomic E-state index is -0.920. The Bertz CT molecular complexity index is 1110. The molecule has 5 rings (SSSR count). The number of amides is 2. The summed E-state index contributed by atoms with van der Waals surface area (Å²) in [4.78, 5) is 44.8. The van der Waals surface area contributed by atoms with Crippen LogP contribution in [0.4, 0.5) is 5.69 Å². The van der Waals surface area contributed by atoms with E-state index in [9.17, 15) is 19.5 Å². The Morgan fingerprint density at radius 3 is 2.69 bits per heavy atom. The maximum absolute atomic E-state index is 14.3. The van der Waals surface area contributed by atoms with Gasteiger partial charge in [0.15, 0.2) is 0 Å². The highest BCUT2D eigenvalue weighted by molar-refractivity contribution is 8.02. The zero-order valence-electron chi connectivity index (χ0n) is 19.6. The largest absolute Gasteiger partial charge is 0.465 e. The first-order chi connectivity index (χ1) is 16.8. The number of hydrogen-bond donors (Lipinski definition) is 1. The van der Waals surface area contributed by atoms with E-state index in [-0.39, 0.29) is 31.0 Å². The van der Waals surface area contributed by atoms with Gasteiger partial charge in [-0.05, 0) is 38.3 Å². The molecule has 5 atom stereocenters. The van der Waals surface area contributed by atoms with E-state index in [1.54, 1.807) is 21.9 Å². The molecule has 0 radical (unpaired) electrons. The summed E-state index contributed by atoms with van der Waals surface area (Å²) in [5.74, 6) is -2.24. The van der Waals surface area contributed by atoms with Crippen LogP contribution >= 0.6 is 23.4 Å². The number of benzene rings is 1. The van der Waals surface area contributed by atoms with Gasteiger partial charge < -0.3 is 19.6 Å². The number of unbranched alkanes of at least 4 members (excludes halogenated alkanes) is 1. The van der Waals surface area contributed by atoms with Crippen LogP contribution < -0.4 is 4.90 Å². The molecule has 0 saturated carbocycles. The lowest BCUT2D eigenvalue weighted by molar-refractivity contribution is -0.154. The van der Waals surface area contributed by atoms with E-state index >= 15 is 0 Å². The third-order valence-corrected chi connectivity index (χ3v) is 9.59. The van der Waals surface area contributed by atoms with Gasteiger partial charge in [-0.25, -0.2) is 0 Å². The minimum Gasteiger partial charge on any atom is -0.465 e. The van der Waals surface area contributed by atoms with Crippen LogP contribution in [-0.2, 0) is 19.1 Å². The van der Waals surface area contributed by atoms with Gasteiger partial charge in [-0.15, -0.1) is 11.8 Å². The highest BCUT2D eigenvalue weighted by Crippen LogP contribution is 2.65. The zero-order valence-corrected chi connectivity index (χ0v) is 21.1. The lowest BCUT2D eigenvalue weighted by Gasteiger charge is -2.37. The molecule has 9 heteroatoms. The second kappa shape index (κ2) is 9.30. The van der Waals surface area contributed by atoms with Crippen LogP contribution in [0.3, 0.4) is 0 Å². The molecule has 0 aliphatic carbocycles. The lowest BCUT2D eigenvalue weighted by Crippen LogP contribution is -2.53. The molecule has 186 valence electrons. The van der Waals surface area contributed by atoms with E-state index in [4.69, 9.17) is 16.3 Å². The van der Waals surface area contributed by atoms with E-state index in [0.717, 1.165) is 0 Å². The molecule has 2 fully saturated rings. The van der Waals surface area contributed by atoms with Crippen molar-refractivity contribution in [3.8, 4) is 0 Å². The summed E-state index contributed by atoms with van der Waals surface area (Å²) in [7, 11) is 0. The Morgan fingerprint density at radius 1 is 1.11 bits per heavy atom. The van der Waals surface area contributed by atoms with Crippen molar-refractivity contribution in [2.45, 2.75) is 41.7 Å². The summed E-state index contributed by atoms with van der Waals surface area (Å²) in [6.45, 7) is 2.89. The quantitative estimate of drug-likeness (QED) is 0.367. The van der Waals surface area contributed by atoms with Crippen LogP contribution in [0.5, 0.6) is 0 Å². The maximum Gasteiger partial charge on any atom is 0.311 e. The average molecular weight is 517 g/mol. The SMILES string of the molecule is C[C@@]12C=CCCOC(=O)[C@@H]1[C@H]1C(=O)N(CCCCO)C3C(=O)N(c4ccccc4Cl)CC=C[C@@]31S2. The average Bonchev–Trinajstić information content (AvgIpc) is 3.14. The number of cyclic esters (lactones) is 1. The van der Waals surface area contributed by atoms with Crippen LogP contribution in [0.25, 0.3) is 0 Å². The minimum absolute atomic E-state index is 0.00737. The molecule has 35 heavy (non-hydrogen) atoms. The van der Waals surface area contributed by atoms with Gasteiger partial charge in [-0.3, -0.25) is 14.4 Å². The number of esters is 1. The first-order valence-electron chi connectivity index (χ1n) is 12.0. The Balaban J connectivity index is 1.63. The Hall–Kier alpha value is -2.29. The van der Waals surface area contributed by atoms with Crippen LogP contribution in [0, 0.1) is 11.8 Å². The van der Waals surface area contributed by atoms with Crippen molar-refractivity contribution in [1.82, 2.24) is 4.90 Å². The molecule has 1 N–H and O–H groups in total. The number of rotatable bonds is 5. The number of halogens is 1. The number of aliphatic hydroxyl groups is 1. The number of ether oxygens (including phenoxy) is 1. The Kier molecular flexibility index (Phi) is 6.48. The van der Waals surface area contributed by atoms with Gasteiger partial charge in [-0.1, -0.05) is 48.0 Å². The van der Waals surface area contributed by atoms with Crippen molar-refractivity contribution in [2.24, 2.45) is 11.8 Å². The zero-order chi connectivity index (χ0) is 24.8. The number of hydrogen-bond acceptors (Lipinski definition) is 6. The van der Waals surface area contributed by atoms with E-state index in [1.807, 2.05) is 43.4 Å². The van der Waals surface area contributed by atoms with E-state index in [2.05, 4.69) is 0 Å². The third kappa shape index (κ3) is 3.81. The van der Waals surface area contributed by atoms with Crippen molar-refractivity contribution in [2.75, 3.05) is 31.2 Å². The molecule has 4 aliphatic rings. The number of para-hydroxylation sites is 1. The monoisotopic (exact) mass is 516 g/mol. The molecular formula is C26H29ClN2O5S. The van der Waals surface area contributed by atoms with Gasteiger partial charge in [0.2, 0.25) is 5.91 Å². The highest BCUT2D eigenvalue weighted by Gasteiger charge is 2.73. The fourth-order valence-electron chi connectivity index (χ4n) is 6.01. The smallest absolute Gasteiger partial charge is 0.311 e. The summed E-state index contributed by atoms with van der Waals surface area (Å²) in [5, 5.41) is 9.78. The Labute approximate surface area is 214 Å². The second-order valence-corrected chi connectivity index (χ2v) is 11.8. The van der Waals surface area contributed by atoms with Crippen LogP contribution in [0.15, 0.2) is 48.6 Å². The van der Waals surface area contributed by atoms with Crippen molar-refractivity contribution >= 4 is 46.8 Å². The van der Waals surface area contributed by atoms with E-state index in [1.165, 1.54) is 11.8 Å². The molecule has 4 aliphatic heterocycles. The summed E-state index contributed by atoms with van der Waals surface area (Å²) in [6.07, 6.45) is 9.61. The fraction of sp³-hybridized carbons (Fsp3) is 0.500. The molecule has 1 aromatic carbocycles. The molecule has 0 bridgehead atoms. The van der Waals surface area contributed by atoms with Gasteiger partial charge in [0.1, 0.15) is 6.04 Å². The van der Waals surface area contributed by atoms with E-state index in [0.29, 0.717) is 43.1 Å². The molecule has 1 unspecified atom stereocenters. The number of carbonyl (C=O) groups excluding carboxylic acids is 3. The van der Waals surface area contributed by atoms with Gasteiger partial charge >= 0.3 is 5.97 Å². The molecule has 0 aromatic heterocycles. The van der Waals surface area contributed by atoms with Crippen molar-refractivity contribution < 1.29 is 24.2 Å². The second-order valence-electron chi connectivity index (χ2n) is 9.62. The summed E-state index contributed by atoms with van der Waals surface area (Å²) >= 11 is 7.99. The third-order valence-electron chi connectivity index (χ3n) is 7.47. The molecule has 2 saturated heterocycles. The van der Waals surface area contributed by atoms with Crippen LogP contribution in [-0.4, -0.2) is 69.6 Å². The number of carbonyl (C=O) groups is 3. The van der Waals surface area contributed by atoms with Gasteiger partial charge in [0.25, 0.3) is 5.91 Å². The molecular weight excluding hydrogens is 488 g/mol. The maximum atomic E-state index is 14.3. The van der Waals surface area contributed by atoms with Crippen LogP contribution in [0.1, 0.15) is 26.2 Å². The topological polar surface area (TPSA) is 87.1 Å². The number of thioether (sulfide) groups is 1. The highest BCUT2D eigenvalue weighted by atomic mass is 35.5. The number of likely N-dealkylation sites (tertiary alicyclic amines) is 1. The van der Waals surface area contributed by atoms with Gasteiger partial charge in [-0.2, -0.15) is 0 Å². The predicted octanol–water partition coefficient (Wildman–Crippen LogP) is 3.21. The Morgan fingerprint density at radius 2 is 1.91 bits per heavy atom. The standard InChI is InChI=1S/C26H29ClN2O5S/c1-25-11-4-7-16-34-24(33)20(25)19-22(31)29(13-5-6-15-30)21-23(32)28(14-8-12-26(19,21)35-25)18-10-3-2-9-17(18)27/h2-4,8-12,19-21,30H,5-7,13-16H2,1H3/t19-,20-,21?,25+,26-/m0/s1. The molecule has 1 spiro atoms. The lowest BCUT2D eigenvalue weighted by atomic mass is 9.74. The normalized spacial score (nSPS) is 34.1. The number of fused-ring (bicyclic) bond motifs is 2. The first kappa shape index (κ1) is 24.4. The predicted molar refractivity (Wildman–Crippen MR) is 135 cm³/mol. The number of aliphatic hydroxyl groups excluding tert-OH is 1. The van der Waals surface area contributed by atoms with E-state index < -0.39 is 27.4 Å². The van der Waals surface area contributed by atoms with Crippen molar-refractivity contribution in [3.63, 3.8) is 0 Å². The van der Waals surface area contributed by atoms with Gasteiger partial charge in [0, 0.05) is 24.4 Å². The molecule has 7 nitrogen and oxygen atoms in total. The number of nitrogens with zero attached hydrogens (tertiary/aromatic N) is 2. The number of anilines is 1. The summed E-state index contributed by atoms with van der Waals surface area (Å²) < 4.78 is 3.95. The fourth-order valence-corrected chi connectivity index (χ4v) is 8.40. The van der Waals surface area contributed by atoms with Crippen LogP contribution in [0.2, 0.25) is 5.02 Å². The van der Waals surface area contributed by atoms with Gasteiger partial charge in [0.05, 0.1) is 33.9 Å². The summed E-state index contributed by atoms with van der Waals surface area (Å²) in [6, 6.07) is 6.38. The van der Waals surface area contributed by atoms with Crippen molar-refractivity contribution in [3.05, 3.63) is 53.6 Å². The summed E-state index contributed by atoms with van der Waals surface area (Å²) in [5.41, 5.74) is 0.589.